The van der Waals surface area contributed by atoms with Gasteiger partial charge in [-0.2, -0.15) is 0 Å². The van der Waals surface area contributed by atoms with E-state index in [0.717, 1.165) is 0 Å². The highest BCUT2D eigenvalue weighted by molar-refractivity contribution is 6.31. The monoisotopic (exact) mass is 286 g/mol. The summed E-state index contributed by atoms with van der Waals surface area (Å²) in [5, 5.41) is 0. The van der Waals surface area contributed by atoms with Gasteiger partial charge < -0.3 is 0 Å². The Kier molecular flexibility index (Phi) is 11.6. The maximum Gasteiger partial charge on any atom is 0.194 e. The van der Waals surface area contributed by atoms with Crippen LogP contribution in [0.15, 0.2) is 72.4 Å². The van der Waals surface area contributed by atoms with Gasteiger partial charge in [-0.25, -0.2) is 0 Å². The van der Waals surface area contributed by atoms with E-state index < -0.39 is 0 Å². The molecule has 2 heteroatoms. The summed E-state index contributed by atoms with van der Waals surface area (Å²) in [7, 11) is 0. The van der Waals surface area contributed by atoms with Crippen molar-refractivity contribution in [2.24, 2.45) is 0 Å². The Morgan fingerprint density at radius 1 is 0.905 bits per heavy atom. The molecule has 0 saturated carbocycles. The standard InChI is InChI=1S/C15H14O2.2C2H6/c1-5-8-12-10(4)14(16)11(7-3)13(9-6-2)15(12)17;2*1-2/h5-9H,1,3-4H2,2H3;2*1-2H3/b9-6-,12-8+;;. The molecule has 0 spiro atoms. The second kappa shape index (κ2) is 11.6. The molecular weight excluding hydrogens is 260 g/mol. The lowest BCUT2D eigenvalue weighted by atomic mass is 9.82. The minimum atomic E-state index is -0.263. The average Bonchev–Trinajstić information content (AvgIpc) is 2.53. The maximum atomic E-state index is 12.1. The van der Waals surface area contributed by atoms with Crippen molar-refractivity contribution in [2.75, 3.05) is 0 Å². The second-order valence-corrected chi connectivity index (χ2v) is 3.48. The fourth-order valence-corrected chi connectivity index (χ4v) is 1.64. The lowest BCUT2D eigenvalue weighted by Gasteiger charge is -2.18. The Bertz CT molecular complexity index is 512. The molecule has 0 unspecified atom stereocenters. The molecular formula is C19H26O2. The molecule has 0 saturated heterocycles. The molecule has 0 heterocycles. The highest BCUT2D eigenvalue weighted by atomic mass is 16.1. The van der Waals surface area contributed by atoms with Crippen LogP contribution < -0.4 is 0 Å². The van der Waals surface area contributed by atoms with Crippen LogP contribution in [0, 0.1) is 0 Å². The Morgan fingerprint density at radius 2 is 1.43 bits per heavy atom. The molecule has 0 fully saturated rings. The van der Waals surface area contributed by atoms with Crippen molar-refractivity contribution in [1.29, 1.82) is 0 Å². The van der Waals surface area contributed by atoms with Gasteiger partial charge in [-0.05, 0) is 6.92 Å². The Hall–Kier alpha value is -2.22. The average molecular weight is 286 g/mol. The first-order valence-electron chi connectivity index (χ1n) is 7.19. The van der Waals surface area contributed by atoms with Gasteiger partial charge in [0.25, 0.3) is 0 Å². The van der Waals surface area contributed by atoms with E-state index in [0.29, 0.717) is 16.7 Å². The summed E-state index contributed by atoms with van der Waals surface area (Å²) in [5.74, 6) is -0.483. The predicted molar refractivity (Wildman–Crippen MR) is 92.2 cm³/mol. The van der Waals surface area contributed by atoms with Gasteiger partial charge in [0.05, 0.1) is 0 Å². The summed E-state index contributed by atoms with van der Waals surface area (Å²) < 4.78 is 0. The van der Waals surface area contributed by atoms with Crippen LogP contribution in [0.3, 0.4) is 0 Å². The minimum absolute atomic E-state index is 0.193. The zero-order valence-corrected chi connectivity index (χ0v) is 13.8. The van der Waals surface area contributed by atoms with E-state index in [9.17, 15) is 9.59 Å². The van der Waals surface area contributed by atoms with Crippen molar-refractivity contribution in [3.63, 3.8) is 0 Å². The first kappa shape index (κ1) is 21.1. The number of allylic oxidation sites excluding steroid dienone is 9. The second-order valence-electron chi connectivity index (χ2n) is 3.48. The summed E-state index contributed by atoms with van der Waals surface area (Å²) in [5.41, 5.74) is 1.15. The van der Waals surface area contributed by atoms with E-state index in [-0.39, 0.29) is 17.1 Å². The SMILES string of the molecule is C=C/C=C1\C(=C)C(=O)C(C=C)=C(/C=C\C)C1=O.CC.CC. The molecule has 0 atom stereocenters. The summed E-state index contributed by atoms with van der Waals surface area (Å²) in [4.78, 5) is 24.1. The first-order valence-corrected chi connectivity index (χ1v) is 7.19. The number of hydrogen-bond acceptors (Lipinski definition) is 2. The number of hydrogen-bond donors (Lipinski definition) is 0. The van der Waals surface area contributed by atoms with Crippen LogP contribution in [0.5, 0.6) is 0 Å². The topological polar surface area (TPSA) is 34.1 Å². The van der Waals surface area contributed by atoms with Crippen LogP contribution in [-0.2, 0) is 9.59 Å². The fraction of sp³-hybridized carbons (Fsp3) is 0.263. The molecule has 0 aromatic rings. The zero-order valence-electron chi connectivity index (χ0n) is 13.8. The smallest absolute Gasteiger partial charge is 0.194 e. The van der Waals surface area contributed by atoms with Gasteiger partial charge in [0, 0.05) is 22.3 Å². The zero-order chi connectivity index (χ0) is 17.0. The van der Waals surface area contributed by atoms with Gasteiger partial charge in [0.2, 0.25) is 0 Å². The van der Waals surface area contributed by atoms with E-state index in [1.807, 2.05) is 27.7 Å². The molecule has 2 nitrogen and oxygen atoms in total. The van der Waals surface area contributed by atoms with E-state index in [4.69, 9.17) is 0 Å². The maximum absolute atomic E-state index is 12.1. The molecule has 1 rings (SSSR count). The van der Waals surface area contributed by atoms with Gasteiger partial charge in [0.1, 0.15) is 0 Å². The predicted octanol–water partition coefficient (Wildman–Crippen LogP) is 4.92. The number of ketones is 2. The van der Waals surface area contributed by atoms with E-state index in [2.05, 4.69) is 19.7 Å². The lowest BCUT2D eigenvalue weighted by Crippen LogP contribution is -2.22. The molecule has 21 heavy (non-hydrogen) atoms. The molecule has 1 aliphatic rings. The van der Waals surface area contributed by atoms with Crippen LogP contribution in [0.4, 0.5) is 0 Å². The third kappa shape index (κ3) is 4.99. The van der Waals surface area contributed by atoms with Gasteiger partial charge in [-0.3, -0.25) is 9.59 Å². The molecule has 1 aliphatic carbocycles. The fourth-order valence-electron chi connectivity index (χ4n) is 1.64. The van der Waals surface area contributed by atoms with Crippen LogP contribution in [0.25, 0.3) is 0 Å². The molecule has 0 N–H and O–H groups in total. The quantitative estimate of drug-likeness (QED) is 0.690. The number of rotatable bonds is 3. The summed E-state index contributed by atoms with van der Waals surface area (Å²) in [6.07, 6.45) is 7.69. The van der Waals surface area contributed by atoms with Gasteiger partial charge in [0.15, 0.2) is 11.6 Å². The molecule has 114 valence electrons. The van der Waals surface area contributed by atoms with Crippen molar-refractivity contribution in [3.8, 4) is 0 Å². The Balaban J connectivity index is 0. The summed E-state index contributed by atoms with van der Waals surface area (Å²) >= 11 is 0. The van der Waals surface area contributed by atoms with Crippen LogP contribution >= 0.6 is 0 Å². The Morgan fingerprint density at radius 3 is 1.81 bits per heavy atom. The van der Waals surface area contributed by atoms with Gasteiger partial charge in [-0.1, -0.05) is 77.8 Å². The highest BCUT2D eigenvalue weighted by Crippen LogP contribution is 2.28. The number of Topliss-reactive ketones (excluding diaryl/α,β-unsaturated/α-hetero) is 2. The van der Waals surface area contributed by atoms with Gasteiger partial charge in [-0.15, -0.1) is 0 Å². The van der Waals surface area contributed by atoms with Crippen molar-refractivity contribution in [3.05, 3.63) is 72.4 Å². The van der Waals surface area contributed by atoms with E-state index >= 15 is 0 Å². The van der Waals surface area contributed by atoms with Crippen molar-refractivity contribution in [1.82, 2.24) is 0 Å². The van der Waals surface area contributed by atoms with Crippen molar-refractivity contribution >= 4 is 11.6 Å². The van der Waals surface area contributed by atoms with Crippen LogP contribution in [-0.4, -0.2) is 11.6 Å². The van der Waals surface area contributed by atoms with E-state index in [1.165, 1.54) is 18.2 Å². The highest BCUT2D eigenvalue weighted by Gasteiger charge is 2.30. The number of carbonyl (C=O) groups is 2. The van der Waals surface area contributed by atoms with E-state index in [1.54, 1.807) is 19.1 Å². The molecule has 0 aromatic carbocycles. The van der Waals surface area contributed by atoms with Gasteiger partial charge >= 0.3 is 0 Å². The summed E-state index contributed by atoms with van der Waals surface area (Å²) in [6.45, 7) is 20.5. The van der Waals surface area contributed by atoms with Crippen LogP contribution in [0.1, 0.15) is 34.6 Å². The van der Waals surface area contributed by atoms with Crippen LogP contribution in [0.2, 0.25) is 0 Å². The third-order valence-electron chi connectivity index (χ3n) is 2.45. The Labute approximate surface area is 128 Å². The normalized spacial score (nSPS) is 16.2. The molecule has 0 aliphatic heterocycles. The summed E-state index contributed by atoms with van der Waals surface area (Å²) in [6, 6.07) is 0. The minimum Gasteiger partial charge on any atom is -0.289 e. The largest absolute Gasteiger partial charge is 0.289 e. The van der Waals surface area contributed by atoms with Crippen molar-refractivity contribution in [2.45, 2.75) is 34.6 Å². The molecule has 0 bridgehead atoms. The molecule has 0 aromatic heterocycles. The first-order chi connectivity index (χ1) is 10.1. The number of carbonyl (C=O) groups excluding carboxylic acids is 2. The third-order valence-corrected chi connectivity index (χ3v) is 2.45. The lowest BCUT2D eigenvalue weighted by molar-refractivity contribution is -0.116. The van der Waals surface area contributed by atoms with Crippen molar-refractivity contribution < 1.29 is 9.59 Å². The molecule has 0 radical (unpaired) electrons. The molecule has 0 amide bonds.